The molecule has 0 spiro atoms. The Morgan fingerprint density at radius 3 is 2.62 bits per heavy atom. The van der Waals surface area contributed by atoms with E-state index in [4.69, 9.17) is 4.84 Å². The molecule has 10 heteroatoms. The Kier molecular flexibility index (Phi) is 5.42. The van der Waals surface area contributed by atoms with Crippen molar-refractivity contribution in [1.82, 2.24) is 4.72 Å². The Hall–Kier alpha value is -2.17. The van der Waals surface area contributed by atoms with E-state index >= 15 is 0 Å². The van der Waals surface area contributed by atoms with Crippen molar-refractivity contribution >= 4 is 21.7 Å². The smallest absolute Gasteiger partial charge is 0.408 e. The lowest BCUT2D eigenvalue weighted by Gasteiger charge is -2.15. The second-order valence-corrected chi connectivity index (χ2v) is 6.88. The zero-order valence-electron chi connectivity index (χ0n) is 13.1. The van der Waals surface area contributed by atoms with Gasteiger partial charge in [0.15, 0.2) is 6.10 Å². The van der Waals surface area contributed by atoms with Crippen LogP contribution in [-0.4, -0.2) is 55.5 Å². The summed E-state index contributed by atoms with van der Waals surface area (Å²) in [5.41, 5.74) is 0.288. The predicted molar refractivity (Wildman–Crippen MR) is 82.5 cm³/mol. The first-order valence-electron chi connectivity index (χ1n) is 7.18. The van der Waals surface area contributed by atoms with Crippen LogP contribution in [0, 0.1) is 12.1 Å². The first-order chi connectivity index (χ1) is 11.3. The van der Waals surface area contributed by atoms with Gasteiger partial charge in [0, 0.05) is 6.54 Å². The van der Waals surface area contributed by atoms with E-state index in [1.54, 1.807) is 19.1 Å². The number of carbonyl (C=O) groups is 1. The summed E-state index contributed by atoms with van der Waals surface area (Å²) >= 11 is 0. The third-order valence-electron chi connectivity index (χ3n) is 3.35. The van der Waals surface area contributed by atoms with E-state index in [-0.39, 0.29) is 22.9 Å². The molecule has 132 valence electrons. The average molecular weight is 358 g/mol. The number of carbonyl (C=O) groups excluding carboxylic acids is 1. The Bertz CT molecular complexity index is 743. The Morgan fingerprint density at radius 2 is 2.04 bits per heavy atom. The van der Waals surface area contributed by atoms with Gasteiger partial charge in [-0.2, -0.15) is 0 Å². The number of rotatable bonds is 6. The number of esters is 1. The van der Waals surface area contributed by atoms with Crippen molar-refractivity contribution in [2.75, 3.05) is 13.2 Å². The quantitative estimate of drug-likeness (QED) is 0.516. The summed E-state index contributed by atoms with van der Waals surface area (Å²) in [5, 5.41) is 21.5. The second-order valence-electron chi connectivity index (χ2n) is 5.12. The number of hydrogen-bond donors (Lipinski definition) is 2. The molecule has 1 aromatic carbocycles. The highest BCUT2D eigenvalue weighted by Crippen LogP contribution is 2.14. The molecule has 0 aliphatic carbocycles. The van der Waals surface area contributed by atoms with E-state index in [1.807, 2.05) is 6.92 Å². The number of hydrogen-bond acceptors (Lipinski definition) is 7. The van der Waals surface area contributed by atoms with Crippen LogP contribution in [0.2, 0.25) is 0 Å². The highest BCUT2D eigenvalue weighted by molar-refractivity contribution is 7.89. The Morgan fingerprint density at radius 1 is 1.42 bits per heavy atom. The van der Waals surface area contributed by atoms with Crippen molar-refractivity contribution in [2.45, 2.75) is 31.0 Å². The summed E-state index contributed by atoms with van der Waals surface area (Å²) in [6, 6.07) is 6.14. The van der Waals surface area contributed by atoms with Crippen molar-refractivity contribution in [3.05, 3.63) is 35.0 Å². The Balaban J connectivity index is 2.03. The van der Waals surface area contributed by atoms with Crippen LogP contribution >= 0.6 is 0 Å². The molecule has 0 fully saturated rings. The SMILES string of the molecule is CCOC(=O)C1=[N+]([O-])O[C@@H](CNS(=O)(=O)c2ccc(C)cc2)C1O. The van der Waals surface area contributed by atoms with Gasteiger partial charge in [0.05, 0.1) is 16.4 Å². The minimum atomic E-state index is -3.84. The first-order valence-corrected chi connectivity index (χ1v) is 8.67. The third-order valence-corrected chi connectivity index (χ3v) is 4.79. The minimum Gasteiger partial charge on any atom is -0.458 e. The van der Waals surface area contributed by atoms with Crippen LogP contribution in [0.5, 0.6) is 0 Å². The number of aliphatic hydroxyl groups excluding tert-OH is 1. The van der Waals surface area contributed by atoms with Crippen LogP contribution in [0.25, 0.3) is 0 Å². The van der Waals surface area contributed by atoms with Gasteiger partial charge < -0.3 is 14.7 Å². The maximum Gasteiger partial charge on any atom is 0.408 e. The fourth-order valence-corrected chi connectivity index (χ4v) is 3.11. The van der Waals surface area contributed by atoms with Gasteiger partial charge in [0.25, 0.3) is 0 Å². The molecule has 0 radical (unpaired) electrons. The molecule has 0 bridgehead atoms. The van der Waals surface area contributed by atoms with Crippen molar-refractivity contribution in [3.8, 4) is 0 Å². The average Bonchev–Trinajstić information content (AvgIpc) is 2.80. The monoisotopic (exact) mass is 358 g/mol. The summed E-state index contributed by atoms with van der Waals surface area (Å²) in [6.07, 6.45) is -2.83. The fraction of sp³-hybridized carbons (Fsp3) is 0.429. The summed E-state index contributed by atoms with van der Waals surface area (Å²) in [7, 11) is -3.84. The minimum absolute atomic E-state index is 0.0214. The Labute approximate surface area is 139 Å². The third kappa shape index (κ3) is 3.83. The molecule has 1 unspecified atom stereocenters. The lowest BCUT2D eigenvalue weighted by Crippen LogP contribution is -2.42. The molecule has 1 aliphatic rings. The van der Waals surface area contributed by atoms with E-state index in [9.17, 15) is 23.5 Å². The van der Waals surface area contributed by atoms with Crippen molar-refractivity contribution < 1.29 is 32.8 Å². The van der Waals surface area contributed by atoms with Gasteiger partial charge in [0.1, 0.15) is 6.10 Å². The number of nitrogens with one attached hydrogen (secondary N) is 1. The molecular weight excluding hydrogens is 340 g/mol. The molecule has 2 atom stereocenters. The van der Waals surface area contributed by atoms with Crippen LogP contribution in [-0.2, 0) is 24.4 Å². The molecule has 0 saturated carbocycles. The normalized spacial score (nSPS) is 20.8. The molecule has 1 aromatic rings. The zero-order valence-corrected chi connectivity index (χ0v) is 13.9. The zero-order chi connectivity index (χ0) is 17.9. The van der Waals surface area contributed by atoms with E-state index in [0.29, 0.717) is 0 Å². The van der Waals surface area contributed by atoms with Gasteiger partial charge in [-0.25, -0.2) is 17.9 Å². The van der Waals surface area contributed by atoms with E-state index in [2.05, 4.69) is 9.46 Å². The van der Waals surface area contributed by atoms with Crippen molar-refractivity contribution in [1.29, 1.82) is 0 Å². The number of aryl methyl sites for hydroxylation is 1. The van der Waals surface area contributed by atoms with E-state index in [1.165, 1.54) is 12.1 Å². The largest absolute Gasteiger partial charge is 0.458 e. The fourth-order valence-electron chi connectivity index (χ4n) is 2.06. The maximum absolute atomic E-state index is 12.2. The van der Waals surface area contributed by atoms with E-state index < -0.39 is 33.9 Å². The molecule has 1 aliphatic heterocycles. The first kappa shape index (κ1) is 18.2. The van der Waals surface area contributed by atoms with Gasteiger partial charge in [-0.05, 0) is 26.0 Å². The molecular formula is C14H18N2O7S. The molecule has 0 aromatic heterocycles. The lowest BCUT2D eigenvalue weighted by atomic mass is 10.1. The van der Waals surface area contributed by atoms with Crippen LogP contribution in [0.15, 0.2) is 29.2 Å². The standard InChI is InChI=1S/C14H18N2O7S/c1-3-22-14(18)12-13(17)11(23-16(12)19)8-15-24(20,21)10-6-4-9(2)5-7-10/h4-7,11,13,15,17H,3,8H2,1-2H3/t11-,13?/m0/s1. The maximum atomic E-state index is 12.2. The van der Waals surface area contributed by atoms with Gasteiger partial charge in [-0.3, -0.25) is 5.21 Å². The van der Waals surface area contributed by atoms with Gasteiger partial charge in [0.2, 0.25) is 10.0 Å². The molecule has 2 rings (SSSR count). The number of benzene rings is 1. The number of sulfonamides is 1. The van der Waals surface area contributed by atoms with Crippen molar-refractivity contribution in [2.24, 2.45) is 0 Å². The van der Waals surface area contributed by atoms with Crippen molar-refractivity contribution in [3.63, 3.8) is 0 Å². The van der Waals surface area contributed by atoms with Crippen LogP contribution in [0.3, 0.4) is 0 Å². The van der Waals surface area contributed by atoms with Gasteiger partial charge in [-0.1, -0.05) is 17.7 Å². The van der Waals surface area contributed by atoms with Crippen LogP contribution in [0.1, 0.15) is 12.5 Å². The number of nitrogens with zero attached hydrogens (tertiary/aromatic N) is 1. The molecule has 0 amide bonds. The highest BCUT2D eigenvalue weighted by atomic mass is 32.2. The lowest BCUT2D eigenvalue weighted by molar-refractivity contribution is -0.739. The van der Waals surface area contributed by atoms with Gasteiger partial charge >= 0.3 is 11.7 Å². The van der Waals surface area contributed by atoms with Crippen LogP contribution < -0.4 is 4.72 Å². The highest BCUT2D eigenvalue weighted by Gasteiger charge is 2.44. The molecule has 0 saturated heterocycles. The molecule has 1 heterocycles. The summed E-state index contributed by atoms with van der Waals surface area (Å²) in [6.45, 7) is 3.00. The second kappa shape index (κ2) is 7.16. The molecule has 2 N–H and O–H groups in total. The molecule has 9 nitrogen and oxygen atoms in total. The summed E-state index contributed by atoms with van der Waals surface area (Å²) in [4.78, 5) is 16.2. The summed E-state index contributed by atoms with van der Waals surface area (Å²) in [5.74, 6) is -1.01. The number of ether oxygens (including phenoxy) is 1. The molecule has 24 heavy (non-hydrogen) atoms. The summed E-state index contributed by atoms with van der Waals surface area (Å²) < 4.78 is 31.2. The van der Waals surface area contributed by atoms with Gasteiger partial charge in [-0.15, -0.1) is 0 Å². The van der Waals surface area contributed by atoms with E-state index in [0.717, 1.165) is 5.56 Å². The predicted octanol–water partition coefficient (Wildman–Crippen LogP) is -0.538. The number of aliphatic hydroxyl groups is 1. The topological polar surface area (TPSA) is 128 Å². The van der Waals surface area contributed by atoms with Crippen LogP contribution in [0.4, 0.5) is 0 Å².